The van der Waals surface area contributed by atoms with Gasteiger partial charge in [-0.15, -0.1) is 0 Å². The van der Waals surface area contributed by atoms with Crippen LogP contribution in [-0.2, 0) is 6.54 Å². The van der Waals surface area contributed by atoms with Crippen molar-refractivity contribution in [3.8, 4) is 11.3 Å². The maximum atomic E-state index is 5.85. The van der Waals surface area contributed by atoms with Gasteiger partial charge in [-0.05, 0) is 58.9 Å². The minimum Gasteiger partial charge on any atom is -0.350 e. The number of halogens is 1. The smallest absolute Gasteiger partial charge is 0.230 e. The third kappa shape index (κ3) is 4.31. The normalized spacial score (nSPS) is 14.8. The van der Waals surface area contributed by atoms with Crippen molar-refractivity contribution in [2.24, 2.45) is 11.7 Å². The van der Waals surface area contributed by atoms with Crippen LogP contribution in [0.4, 0.5) is 11.9 Å². The number of hydrogen-bond donors (Lipinski definition) is 2. The lowest BCUT2D eigenvalue weighted by atomic mass is 9.97. The maximum Gasteiger partial charge on any atom is 0.230 e. The van der Waals surface area contributed by atoms with Crippen molar-refractivity contribution in [1.82, 2.24) is 24.6 Å². The van der Waals surface area contributed by atoms with E-state index in [-0.39, 0.29) is 0 Å². The Morgan fingerprint density at radius 3 is 2.59 bits per heavy atom. The fourth-order valence-corrected chi connectivity index (χ4v) is 4.32. The fourth-order valence-electron chi connectivity index (χ4n) is 3.97. The molecule has 0 aliphatic carbocycles. The number of nitrogens with one attached hydrogen (secondary N) is 1. The summed E-state index contributed by atoms with van der Waals surface area (Å²) in [6.07, 6.45) is 5.69. The van der Waals surface area contributed by atoms with Crippen molar-refractivity contribution in [3.63, 3.8) is 0 Å². The fraction of sp³-hybridized carbons (Fsp3) is 0.304. The Hall–Kier alpha value is -3.04. The molecule has 1 aliphatic heterocycles. The molecule has 0 bridgehead atoms. The van der Waals surface area contributed by atoms with Gasteiger partial charge in [0.1, 0.15) is 0 Å². The number of anilines is 2. The summed E-state index contributed by atoms with van der Waals surface area (Å²) in [7, 11) is 0. The van der Waals surface area contributed by atoms with E-state index in [2.05, 4.69) is 60.5 Å². The minimum absolute atomic E-state index is 0.586. The quantitative estimate of drug-likeness (QED) is 0.423. The Labute approximate surface area is 195 Å². The Morgan fingerprint density at radius 2 is 1.88 bits per heavy atom. The molecule has 164 valence electrons. The van der Waals surface area contributed by atoms with Gasteiger partial charge in [0.05, 0.1) is 16.4 Å². The maximum absolute atomic E-state index is 5.85. The van der Waals surface area contributed by atoms with Crippen molar-refractivity contribution in [1.29, 1.82) is 0 Å². The molecule has 0 amide bonds. The van der Waals surface area contributed by atoms with Gasteiger partial charge >= 0.3 is 0 Å². The number of nitrogens with zero attached hydrogens (tertiary/aromatic N) is 6. The monoisotopic (exact) mass is 492 g/mol. The minimum atomic E-state index is 0.586. The van der Waals surface area contributed by atoms with Crippen LogP contribution in [0.5, 0.6) is 0 Å². The lowest BCUT2D eigenvalue weighted by molar-refractivity contribution is 0.411. The topological polar surface area (TPSA) is 97.3 Å². The molecule has 1 fully saturated rings. The molecule has 1 saturated heterocycles. The van der Waals surface area contributed by atoms with Gasteiger partial charge in [-0.2, -0.15) is 19.6 Å². The number of piperidine rings is 1. The molecule has 4 heterocycles. The zero-order valence-electron chi connectivity index (χ0n) is 17.7. The number of benzene rings is 1. The second-order valence-electron chi connectivity index (χ2n) is 8.01. The van der Waals surface area contributed by atoms with E-state index >= 15 is 0 Å². The number of rotatable bonds is 6. The van der Waals surface area contributed by atoms with E-state index in [0.717, 1.165) is 65.4 Å². The van der Waals surface area contributed by atoms with Crippen LogP contribution in [0.15, 0.2) is 59.3 Å². The predicted octanol–water partition coefficient (Wildman–Crippen LogP) is 3.74. The van der Waals surface area contributed by atoms with Crippen molar-refractivity contribution in [2.45, 2.75) is 19.4 Å². The van der Waals surface area contributed by atoms with Crippen molar-refractivity contribution >= 4 is 33.5 Å². The molecule has 1 aromatic carbocycles. The molecule has 0 unspecified atom stereocenters. The standard InChI is InChI=1S/C23H25BrN8/c24-19-15-28-32-21(19)29-23(31-11-8-16(13-25)9-12-31)30-22(32)27-14-17-4-6-18(7-5-17)20-3-1-2-10-26-20/h1-7,10,15-16H,8-9,11-14,25H2,(H,27,29,30). The zero-order chi connectivity index (χ0) is 21.9. The SMILES string of the molecule is NCC1CCN(c2nc(NCc3ccc(-c4ccccn4)cc3)n3ncc(Br)c3n2)CC1. The van der Waals surface area contributed by atoms with Gasteiger partial charge in [0.25, 0.3) is 0 Å². The van der Waals surface area contributed by atoms with E-state index < -0.39 is 0 Å². The van der Waals surface area contributed by atoms with Crippen LogP contribution >= 0.6 is 15.9 Å². The van der Waals surface area contributed by atoms with Gasteiger partial charge in [-0.3, -0.25) is 4.98 Å². The molecule has 3 aromatic heterocycles. The molecular formula is C23H25BrN8. The van der Waals surface area contributed by atoms with E-state index in [4.69, 9.17) is 15.7 Å². The molecule has 0 spiro atoms. The first kappa shape index (κ1) is 20.8. The van der Waals surface area contributed by atoms with Gasteiger partial charge in [0.15, 0.2) is 5.65 Å². The van der Waals surface area contributed by atoms with Crippen molar-refractivity contribution < 1.29 is 0 Å². The van der Waals surface area contributed by atoms with Crippen LogP contribution in [0.25, 0.3) is 16.9 Å². The van der Waals surface area contributed by atoms with Gasteiger partial charge in [-0.1, -0.05) is 30.3 Å². The molecule has 0 radical (unpaired) electrons. The van der Waals surface area contributed by atoms with Crippen molar-refractivity contribution in [3.05, 3.63) is 64.9 Å². The number of fused-ring (bicyclic) bond motifs is 1. The number of pyridine rings is 1. The molecule has 1 aliphatic rings. The highest BCUT2D eigenvalue weighted by atomic mass is 79.9. The highest BCUT2D eigenvalue weighted by Gasteiger charge is 2.22. The number of hydrogen-bond acceptors (Lipinski definition) is 7. The molecular weight excluding hydrogens is 468 g/mol. The second kappa shape index (κ2) is 9.22. The number of aromatic nitrogens is 5. The first-order chi connectivity index (χ1) is 15.7. The van der Waals surface area contributed by atoms with Crippen LogP contribution in [0.2, 0.25) is 0 Å². The van der Waals surface area contributed by atoms with Gasteiger partial charge in [-0.25, -0.2) is 0 Å². The molecule has 8 nitrogen and oxygen atoms in total. The van der Waals surface area contributed by atoms with E-state index in [1.54, 1.807) is 10.7 Å². The average molecular weight is 493 g/mol. The lowest BCUT2D eigenvalue weighted by Crippen LogP contribution is -2.37. The summed E-state index contributed by atoms with van der Waals surface area (Å²) in [6.45, 7) is 3.20. The Balaban J connectivity index is 1.35. The lowest BCUT2D eigenvalue weighted by Gasteiger charge is -2.31. The van der Waals surface area contributed by atoms with Crippen LogP contribution < -0.4 is 16.0 Å². The summed E-state index contributed by atoms with van der Waals surface area (Å²) in [5.41, 5.74) is 9.81. The predicted molar refractivity (Wildman–Crippen MR) is 129 cm³/mol. The Bertz CT molecular complexity index is 1180. The Kier molecular flexibility index (Phi) is 6.00. The van der Waals surface area contributed by atoms with E-state index in [1.165, 1.54) is 0 Å². The van der Waals surface area contributed by atoms with Crippen LogP contribution in [-0.4, -0.2) is 44.2 Å². The first-order valence-electron chi connectivity index (χ1n) is 10.8. The third-order valence-corrected chi connectivity index (χ3v) is 6.47. The number of nitrogens with two attached hydrogens (primary N) is 1. The van der Waals surface area contributed by atoms with Crippen LogP contribution in [0, 0.1) is 5.92 Å². The molecule has 5 rings (SSSR count). The van der Waals surface area contributed by atoms with Gasteiger partial charge in [0, 0.05) is 31.4 Å². The molecule has 0 saturated carbocycles. The zero-order valence-corrected chi connectivity index (χ0v) is 19.2. The first-order valence-corrected chi connectivity index (χ1v) is 11.6. The molecule has 3 N–H and O–H groups in total. The molecule has 0 atom stereocenters. The average Bonchev–Trinajstić information content (AvgIpc) is 3.24. The molecule has 32 heavy (non-hydrogen) atoms. The summed E-state index contributed by atoms with van der Waals surface area (Å²) >= 11 is 3.56. The van der Waals surface area contributed by atoms with E-state index in [0.29, 0.717) is 18.4 Å². The van der Waals surface area contributed by atoms with Gasteiger partial charge in [0.2, 0.25) is 11.9 Å². The van der Waals surface area contributed by atoms with Gasteiger partial charge < -0.3 is 16.0 Å². The highest BCUT2D eigenvalue weighted by molar-refractivity contribution is 9.10. The second-order valence-corrected chi connectivity index (χ2v) is 8.86. The van der Waals surface area contributed by atoms with Crippen molar-refractivity contribution in [2.75, 3.05) is 29.9 Å². The third-order valence-electron chi connectivity index (χ3n) is 5.91. The molecule has 4 aromatic rings. The Morgan fingerprint density at radius 1 is 1.06 bits per heavy atom. The van der Waals surface area contributed by atoms with E-state index in [9.17, 15) is 0 Å². The van der Waals surface area contributed by atoms with E-state index in [1.807, 2.05) is 24.4 Å². The highest BCUT2D eigenvalue weighted by Crippen LogP contribution is 2.25. The summed E-state index contributed by atoms with van der Waals surface area (Å²) in [6, 6.07) is 14.3. The van der Waals surface area contributed by atoms with Crippen LogP contribution in [0.1, 0.15) is 18.4 Å². The molecule has 9 heteroatoms. The summed E-state index contributed by atoms with van der Waals surface area (Å²) < 4.78 is 2.59. The van der Waals surface area contributed by atoms with Crippen LogP contribution in [0.3, 0.4) is 0 Å². The largest absolute Gasteiger partial charge is 0.350 e. The summed E-state index contributed by atoms with van der Waals surface area (Å²) in [5.74, 6) is 1.98. The summed E-state index contributed by atoms with van der Waals surface area (Å²) in [5, 5.41) is 7.88. The summed E-state index contributed by atoms with van der Waals surface area (Å²) in [4.78, 5) is 16.2.